The van der Waals surface area contributed by atoms with Gasteiger partial charge in [-0.3, -0.25) is 9.89 Å². The lowest BCUT2D eigenvalue weighted by molar-refractivity contribution is -0.121. The molecule has 3 heterocycles. The minimum absolute atomic E-state index is 0.122. The minimum Gasteiger partial charge on any atom is -0.382 e. The molecule has 4 rings (SSSR count). The van der Waals surface area contributed by atoms with Gasteiger partial charge in [-0.2, -0.15) is 5.10 Å². The van der Waals surface area contributed by atoms with E-state index in [-0.39, 0.29) is 12.5 Å². The van der Waals surface area contributed by atoms with Crippen LogP contribution in [0.1, 0.15) is 36.6 Å². The van der Waals surface area contributed by atoms with Crippen molar-refractivity contribution in [3.05, 3.63) is 30.1 Å². The van der Waals surface area contributed by atoms with Crippen molar-refractivity contribution >= 4 is 22.9 Å². The predicted octanol–water partition coefficient (Wildman–Crippen LogP) is 0.715. The molecule has 3 aromatic heterocycles. The van der Waals surface area contributed by atoms with Gasteiger partial charge >= 0.3 is 0 Å². The first-order valence-electron chi connectivity index (χ1n) is 7.93. The van der Waals surface area contributed by atoms with E-state index in [1.54, 1.807) is 10.9 Å². The van der Waals surface area contributed by atoms with Gasteiger partial charge in [-0.1, -0.05) is 6.42 Å². The van der Waals surface area contributed by atoms with Crippen LogP contribution in [0.15, 0.2) is 18.7 Å². The molecule has 4 N–H and O–H groups in total. The predicted molar refractivity (Wildman–Crippen MR) is 86.8 cm³/mol. The highest BCUT2D eigenvalue weighted by molar-refractivity contribution is 5.83. The van der Waals surface area contributed by atoms with Crippen molar-refractivity contribution in [2.24, 2.45) is 0 Å². The standard InChI is InChI=1S/C15H18N8O/c16-14-13-15(19-7-18-14)23(8-20-13)6-12(24)17-5-10-4-11(22-21-10)9-2-1-3-9/h4,7-9H,1-3,5-6H2,(H,17,24)(H,21,22)(H2,16,18,19). The number of hydrogen-bond donors (Lipinski definition) is 3. The Morgan fingerprint density at radius 2 is 2.25 bits per heavy atom. The van der Waals surface area contributed by atoms with Crippen molar-refractivity contribution in [3.63, 3.8) is 0 Å². The molecular formula is C15H18N8O. The number of aromatic amines is 1. The molecule has 1 fully saturated rings. The number of nitrogens with one attached hydrogen (secondary N) is 2. The van der Waals surface area contributed by atoms with Gasteiger partial charge in [0, 0.05) is 5.92 Å². The maximum absolute atomic E-state index is 12.2. The summed E-state index contributed by atoms with van der Waals surface area (Å²) < 4.78 is 1.65. The maximum atomic E-state index is 12.2. The van der Waals surface area contributed by atoms with Crippen LogP contribution in [-0.4, -0.2) is 35.6 Å². The molecule has 9 nitrogen and oxygen atoms in total. The van der Waals surface area contributed by atoms with Crippen LogP contribution in [0.5, 0.6) is 0 Å². The minimum atomic E-state index is -0.133. The molecule has 1 amide bonds. The van der Waals surface area contributed by atoms with E-state index in [2.05, 4.69) is 30.5 Å². The molecule has 1 aliphatic rings. The highest BCUT2D eigenvalue weighted by Gasteiger charge is 2.22. The van der Waals surface area contributed by atoms with Crippen LogP contribution in [0.4, 0.5) is 5.82 Å². The Hall–Kier alpha value is -2.97. The summed E-state index contributed by atoms with van der Waals surface area (Å²) in [6.07, 6.45) is 6.59. The van der Waals surface area contributed by atoms with Gasteiger partial charge in [-0.25, -0.2) is 15.0 Å². The van der Waals surface area contributed by atoms with Crippen LogP contribution in [0, 0.1) is 0 Å². The first-order valence-corrected chi connectivity index (χ1v) is 7.93. The second-order valence-corrected chi connectivity index (χ2v) is 6.03. The zero-order chi connectivity index (χ0) is 16.5. The Morgan fingerprint density at radius 1 is 1.38 bits per heavy atom. The van der Waals surface area contributed by atoms with Crippen molar-refractivity contribution in [2.45, 2.75) is 38.3 Å². The van der Waals surface area contributed by atoms with Crippen molar-refractivity contribution in [1.82, 2.24) is 35.0 Å². The molecule has 0 bridgehead atoms. The fourth-order valence-electron chi connectivity index (χ4n) is 2.80. The summed E-state index contributed by atoms with van der Waals surface area (Å²) in [6, 6.07) is 2.03. The fraction of sp³-hybridized carbons (Fsp3) is 0.400. The number of nitrogens with zero attached hydrogens (tertiary/aromatic N) is 5. The normalized spacial score (nSPS) is 14.7. The van der Waals surface area contributed by atoms with Crippen molar-refractivity contribution in [3.8, 4) is 0 Å². The highest BCUT2D eigenvalue weighted by Crippen LogP contribution is 2.35. The van der Waals surface area contributed by atoms with Gasteiger partial charge in [0.1, 0.15) is 18.4 Å². The summed E-state index contributed by atoms with van der Waals surface area (Å²) in [5.41, 5.74) is 8.80. The molecule has 24 heavy (non-hydrogen) atoms. The van der Waals surface area contributed by atoms with E-state index in [0.717, 1.165) is 11.4 Å². The molecule has 0 aromatic carbocycles. The number of imidazole rings is 1. The van der Waals surface area contributed by atoms with Gasteiger partial charge in [0.15, 0.2) is 11.5 Å². The van der Waals surface area contributed by atoms with E-state index in [1.165, 1.54) is 25.6 Å². The number of carbonyl (C=O) groups is 1. The summed E-state index contributed by atoms with van der Waals surface area (Å²) in [4.78, 5) is 24.3. The van der Waals surface area contributed by atoms with Crippen molar-refractivity contribution in [2.75, 3.05) is 5.73 Å². The molecular weight excluding hydrogens is 308 g/mol. The van der Waals surface area contributed by atoms with Gasteiger partial charge in [-0.05, 0) is 18.9 Å². The topological polar surface area (TPSA) is 127 Å². The van der Waals surface area contributed by atoms with E-state index in [4.69, 9.17) is 5.73 Å². The van der Waals surface area contributed by atoms with Gasteiger partial charge in [0.25, 0.3) is 0 Å². The zero-order valence-electron chi connectivity index (χ0n) is 13.1. The molecule has 0 spiro atoms. The summed E-state index contributed by atoms with van der Waals surface area (Å²) in [6.45, 7) is 0.541. The lowest BCUT2D eigenvalue weighted by Gasteiger charge is -2.22. The SMILES string of the molecule is Nc1ncnc2c1ncn2CC(=O)NCc1cc(C2CCC2)n[nH]1. The second-order valence-electron chi connectivity index (χ2n) is 6.03. The van der Waals surface area contributed by atoms with Crippen LogP contribution in [0.3, 0.4) is 0 Å². The number of H-pyrrole nitrogens is 1. The fourth-order valence-corrected chi connectivity index (χ4v) is 2.80. The average Bonchev–Trinajstić information content (AvgIpc) is 3.12. The Morgan fingerprint density at radius 3 is 3.04 bits per heavy atom. The lowest BCUT2D eigenvalue weighted by Crippen LogP contribution is -2.27. The number of anilines is 1. The monoisotopic (exact) mass is 326 g/mol. The molecule has 1 aliphatic carbocycles. The van der Waals surface area contributed by atoms with E-state index < -0.39 is 0 Å². The number of rotatable bonds is 5. The molecule has 0 unspecified atom stereocenters. The number of amides is 1. The van der Waals surface area contributed by atoms with E-state index in [0.29, 0.717) is 29.4 Å². The van der Waals surface area contributed by atoms with Gasteiger partial charge in [0.2, 0.25) is 5.91 Å². The molecule has 9 heteroatoms. The number of carbonyl (C=O) groups excluding carboxylic acids is 1. The smallest absolute Gasteiger partial charge is 0.240 e. The number of aromatic nitrogens is 6. The highest BCUT2D eigenvalue weighted by atomic mass is 16.1. The van der Waals surface area contributed by atoms with Crippen LogP contribution in [0.25, 0.3) is 11.2 Å². The Kier molecular flexibility index (Phi) is 3.60. The number of nitrogen functional groups attached to an aromatic ring is 1. The van der Waals surface area contributed by atoms with Crippen LogP contribution in [0.2, 0.25) is 0 Å². The summed E-state index contributed by atoms with van der Waals surface area (Å²) in [5, 5.41) is 10.2. The summed E-state index contributed by atoms with van der Waals surface area (Å²) in [7, 11) is 0. The molecule has 0 aliphatic heterocycles. The molecule has 124 valence electrons. The summed E-state index contributed by atoms with van der Waals surface area (Å²) >= 11 is 0. The van der Waals surface area contributed by atoms with Crippen LogP contribution in [-0.2, 0) is 17.9 Å². The molecule has 0 saturated heterocycles. The van der Waals surface area contributed by atoms with Crippen molar-refractivity contribution < 1.29 is 4.79 Å². The van der Waals surface area contributed by atoms with Crippen LogP contribution < -0.4 is 11.1 Å². The number of nitrogens with two attached hydrogens (primary N) is 1. The zero-order valence-corrected chi connectivity index (χ0v) is 13.1. The van der Waals surface area contributed by atoms with Gasteiger partial charge < -0.3 is 15.6 Å². The Labute approximate surface area is 137 Å². The van der Waals surface area contributed by atoms with E-state index >= 15 is 0 Å². The number of fused-ring (bicyclic) bond motifs is 1. The third-order valence-corrected chi connectivity index (χ3v) is 4.39. The van der Waals surface area contributed by atoms with Crippen molar-refractivity contribution in [1.29, 1.82) is 0 Å². The van der Waals surface area contributed by atoms with Crippen LogP contribution >= 0.6 is 0 Å². The Balaban J connectivity index is 1.37. The van der Waals surface area contributed by atoms with E-state index in [1.807, 2.05) is 6.07 Å². The van der Waals surface area contributed by atoms with Gasteiger partial charge in [0.05, 0.1) is 24.3 Å². The average molecular weight is 326 g/mol. The first kappa shape index (κ1) is 14.6. The van der Waals surface area contributed by atoms with E-state index in [9.17, 15) is 4.79 Å². The largest absolute Gasteiger partial charge is 0.382 e. The molecule has 1 saturated carbocycles. The molecule has 0 radical (unpaired) electrons. The number of hydrogen-bond acceptors (Lipinski definition) is 6. The third kappa shape index (κ3) is 2.68. The van der Waals surface area contributed by atoms with Gasteiger partial charge in [-0.15, -0.1) is 0 Å². The maximum Gasteiger partial charge on any atom is 0.240 e. The molecule has 3 aromatic rings. The first-order chi connectivity index (χ1) is 11.7. The molecule has 0 atom stereocenters. The summed E-state index contributed by atoms with van der Waals surface area (Å²) in [5.74, 6) is 0.750. The Bertz CT molecular complexity index is 879. The third-order valence-electron chi connectivity index (χ3n) is 4.39. The lowest BCUT2D eigenvalue weighted by atomic mass is 9.83. The quantitative estimate of drug-likeness (QED) is 0.634. The second kappa shape index (κ2) is 5.91.